The van der Waals surface area contributed by atoms with E-state index in [2.05, 4.69) is 14.8 Å². The molecule has 3 rings (SSSR count). The molecule has 1 aliphatic rings. The van der Waals surface area contributed by atoms with Gasteiger partial charge in [0, 0.05) is 6.54 Å². The summed E-state index contributed by atoms with van der Waals surface area (Å²) in [5.74, 6) is 1.16. The van der Waals surface area contributed by atoms with Crippen LogP contribution in [0.4, 0.5) is 0 Å². The second kappa shape index (κ2) is 6.10. The van der Waals surface area contributed by atoms with Gasteiger partial charge >= 0.3 is 0 Å². The molecule has 0 spiro atoms. The largest absolute Gasteiger partial charge is 0.248 e. The number of nitriles is 1. The molecule has 1 N–H and O–H groups in total. The molecule has 2 heterocycles. The van der Waals surface area contributed by atoms with Crippen molar-refractivity contribution in [1.82, 2.24) is 19.5 Å². The SMILES string of the molecule is Cc1nc2n(n1)CCC[C@H]2NS(=O)(=O)Cc1cccc(C#N)c1. The molecular formula is C15H17N5O2S. The molecule has 1 atom stereocenters. The zero-order valence-electron chi connectivity index (χ0n) is 12.7. The van der Waals surface area contributed by atoms with Crippen LogP contribution in [-0.2, 0) is 22.3 Å². The maximum Gasteiger partial charge on any atom is 0.216 e. The highest BCUT2D eigenvalue weighted by Crippen LogP contribution is 2.24. The van der Waals surface area contributed by atoms with Gasteiger partial charge in [0.05, 0.1) is 23.4 Å². The Hall–Kier alpha value is -2.24. The van der Waals surface area contributed by atoms with Crippen LogP contribution in [0.15, 0.2) is 24.3 Å². The molecule has 1 aromatic heterocycles. The van der Waals surface area contributed by atoms with Gasteiger partial charge in [-0.2, -0.15) is 10.4 Å². The minimum absolute atomic E-state index is 0.161. The summed E-state index contributed by atoms with van der Waals surface area (Å²) < 4.78 is 29.3. The molecule has 0 unspecified atom stereocenters. The molecule has 0 fully saturated rings. The zero-order valence-corrected chi connectivity index (χ0v) is 13.5. The third-order valence-electron chi connectivity index (χ3n) is 3.72. The summed E-state index contributed by atoms with van der Waals surface area (Å²) in [4.78, 5) is 4.33. The van der Waals surface area contributed by atoms with Crippen LogP contribution in [-0.4, -0.2) is 23.2 Å². The van der Waals surface area contributed by atoms with E-state index in [0.717, 1.165) is 13.0 Å². The van der Waals surface area contributed by atoms with Crippen molar-refractivity contribution in [2.24, 2.45) is 0 Å². The fourth-order valence-electron chi connectivity index (χ4n) is 2.79. The van der Waals surface area contributed by atoms with E-state index in [9.17, 15) is 8.42 Å². The van der Waals surface area contributed by atoms with Gasteiger partial charge in [0.2, 0.25) is 10.0 Å². The normalized spacial score (nSPS) is 17.5. The lowest BCUT2D eigenvalue weighted by molar-refractivity contribution is 0.399. The van der Waals surface area contributed by atoms with E-state index in [0.29, 0.717) is 29.2 Å². The van der Waals surface area contributed by atoms with E-state index in [1.807, 2.05) is 6.07 Å². The maximum absolute atomic E-state index is 12.4. The van der Waals surface area contributed by atoms with Gasteiger partial charge in [0.25, 0.3) is 0 Å². The fraction of sp³-hybridized carbons (Fsp3) is 0.400. The Labute approximate surface area is 135 Å². The van der Waals surface area contributed by atoms with Gasteiger partial charge in [-0.15, -0.1) is 0 Å². The van der Waals surface area contributed by atoms with Gasteiger partial charge in [-0.05, 0) is 37.5 Å². The lowest BCUT2D eigenvalue weighted by Gasteiger charge is -2.23. The minimum atomic E-state index is -3.53. The van der Waals surface area contributed by atoms with Crippen LogP contribution in [0.25, 0.3) is 0 Å². The highest BCUT2D eigenvalue weighted by atomic mass is 32.2. The summed E-state index contributed by atoms with van der Waals surface area (Å²) in [5, 5.41) is 13.2. The Bertz CT molecular complexity index is 866. The monoisotopic (exact) mass is 331 g/mol. The van der Waals surface area contributed by atoms with Crippen LogP contribution in [0.3, 0.4) is 0 Å². The van der Waals surface area contributed by atoms with Crippen LogP contribution in [0.2, 0.25) is 0 Å². The summed E-state index contributed by atoms with van der Waals surface area (Å²) in [6.45, 7) is 2.56. The number of hydrogen-bond donors (Lipinski definition) is 1. The van der Waals surface area contributed by atoms with E-state index in [-0.39, 0.29) is 11.8 Å². The Kier molecular flexibility index (Phi) is 4.15. The van der Waals surface area contributed by atoms with Crippen molar-refractivity contribution in [2.75, 3.05) is 0 Å². The Morgan fingerprint density at radius 1 is 1.48 bits per heavy atom. The van der Waals surface area contributed by atoms with Gasteiger partial charge in [-0.1, -0.05) is 12.1 Å². The number of nitrogens with one attached hydrogen (secondary N) is 1. The number of benzene rings is 1. The average molecular weight is 331 g/mol. The van der Waals surface area contributed by atoms with Crippen molar-refractivity contribution in [3.63, 3.8) is 0 Å². The van der Waals surface area contributed by atoms with Crippen molar-refractivity contribution in [2.45, 2.75) is 38.1 Å². The first kappa shape index (κ1) is 15.6. The molecule has 0 saturated carbocycles. The fourth-order valence-corrected chi connectivity index (χ4v) is 4.15. The van der Waals surface area contributed by atoms with E-state index in [1.165, 1.54) is 0 Å². The van der Waals surface area contributed by atoms with Crippen LogP contribution in [0, 0.1) is 18.3 Å². The number of nitrogens with zero attached hydrogens (tertiary/aromatic N) is 4. The Morgan fingerprint density at radius 3 is 3.09 bits per heavy atom. The summed E-state index contributed by atoms with van der Waals surface area (Å²) in [6, 6.07) is 8.29. The number of aryl methyl sites for hydroxylation is 2. The van der Waals surface area contributed by atoms with E-state index < -0.39 is 10.0 Å². The zero-order chi connectivity index (χ0) is 16.4. The van der Waals surface area contributed by atoms with E-state index in [4.69, 9.17) is 5.26 Å². The summed E-state index contributed by atoms with van der Waals surface area (Å²) in [6.07, 6.45) is 1.56. The Morgan fingerprint density at radius 2 is 2.30 bits per heavy atom. The topological polar surface area (TPSA) is 101 Å². The number of aromatic nitrogens is 3. The smallest absolute Gasteiger partial charge is 0.216 e. The first-order valence-corrected chi connectivity index (χ1v) is 9.02. The molecule has 120 valence electrons. The van der Waals surface area contributed by atoms with Crippen LogP contribution >= 0.6 is 0 Å². The number of hydrogen-bond acceptors (Lipinski definition) is 5. The van der Waals surface area contributed by atoms with Gasteiger partial charge in [-0.3, -0.25) is 0 Å². The lowest BCUT2D eigenvalue weighted by atomic mass is 10.1. The molecule has 1 aliphatic heterocycles. The molecule has 0 amide bonds. The van der Waals surface area contributed by atoms with Gasteiger partial charge < -0.3 is 0 Å². The Balaban J connectivity index is 1.78. The molecule has 0 radical (unpaired) electrons. The predicted octanol–water partition coefficient (Wildman–Crippen LogP) is 1.41. The van der Waals surface area contributed by atoms with Gasteiger partial charge in [0.1, 0.15) is 11.6 Å². The lowest BCUT2D eigenvalue weighted by Crippen LogP contribution is -2.34. The van der Waals surface area contributed by atoms with Gasteiger partial charge in [-0.25, -0.2) is 22.8 Å². The molecular weight excluding hydrogens is 314 g/mol. The van der Waals surface area contributed by atoms with Crippen molar-refractivity contribution in [3.8, 4) is 6.07 Å². The summed E-state index contributed by atoms with van der Waals surface area (Å²) in [7, 11) is -3.53. The molecule has 7 nitrogen and oxygen atoms in total. The second-order valence-electron chi connectivity index (χ2n) is 5.62. The van der Waals surface area contributed by atoms with E-state index >= 15 is 0 Å². The molecule has 0 aliphatic carbocycles. The summed E-state index contributed by atoms with van der Waals surface area (Å²) in [5.41, 5.74) is 1.04. The highest BCUT2D eigenvalue weighted by molar-refractivity contribution is 7.88. The minimum Gasteiger partial charge on any atom is -0.248 e. The van der Waals surface area contributed by atoms with Crippen molar-refractivity contribution >= 4 is 10.0 Å². The van der Waals surface area contributed by atoms with Crippen LogP contribution in [0.5, 0.6) is 0 Å². The predicted molar refractivity (Wildman–Crippen MR) is 83.7 cm³/mol. The van der Waals surface area contributed by atoms with Crippen LogP contribution in [0.1, 0.15) is 41.7 Å². The number of sulfonamides is 1. The number of fused-ring (bicyclic) bond motifs is 1. The first-order chi connectivity index (χ1) is 11.0. The second-order valence-corrected chi connectivity index (χ2v) is 7.38. The standard InChI is InChI=1S/C15H17N5O2S/c1-11-17-15-14(6-3-7-20(15)18-11)19-23(21,22)10-13-5-2-4-12(8-13)9-16/h2,4-5,8,14,19H,3,6-7,10H2,1H3/t14-/m1/s1. The maximum atomic E-state index is 12.4. The highest BCUT2D eigenvalue weighted by Gasteiger charge is 2.27. The van der Waals surface area contributed by atoms with Crippen LogP contribution < -0.4 is 4.72 Å². The van der Waals surface area contributed by atoms with E-state index in [1.54, 1.807) is 35.9 Å². The summed E-state index contributed by atoms with van der Waals surface area (Å²) >= 11 is 0. The molecule has 23 heavy (non-hydrogen) atoms. The third kappa shape index (κ3) is 3.57. The van der Waals surface area contributed by atoms with Crippen molar-refractivity contribution < 1.29 is 8.42 Å². The molecule has 8 heteroatoms. The first-order valence-electron chi connectivity index (χ1n) is 7.37. The molecule has 0 bridgehead atoms. The molecule has 1 aromatic carbocycles. The number of rotatable bonds is 4. The quantitative estimate of drug-likeness (QED) is 0.913. The molecule has 2 aromatic rings. The van der Waals surface area contributed by atoms with Crippen molar-refractivity contribution in [3.05, 3.63) is 47.0 Å². The molecule has 0 saturated heterocycles. The average Bonchev–Trinajstić information content (AvgIpc) is 2.88. The van der Waals surface area contributed by atoms with Gasteiger partial charge in [0.15, 0.2) is 0 Å². The third-order valence-corrected chi connectivity index (χ3v) is 5.07. The van der Waals surface area contributed by atoms with Crippen molar-refractivity contribution in [1.29, 1.82) is 5.26 Å².